The Bertz CT molecular complexity index is 614. The van der Waals surface area contributed by atoms with Crippen molar-refractivity contribution in [2.45, 2.75) is 24.3 Å². The molecule has 0 unspecified atom stereocenters. The van der Waals surface area contributed by atoms with Gasteiger partial charge in [0, 0.05) is 28.4 Å². The Morgan fingerprint density at radius 2 is 1.95 bits per heavy atom. The molecule has 8 heteroatoms. The van der Waals surface area contributed by atoms with E-state index in [0.29, 0.717) is 6.61 Å². The van der Waals surface area contributed by atoms with E-state index in [1.54, 1.807) is 13.8 Å². The molecule has 0 aromatic heterocycles. The molecule has 0 saturated carbocycles. The molecule has 0 atom stereocenters. The molecule has 0 aliphatic heterocycles. The van der Waals surface area contributed by atoms with Crippen molar-refractivity contribution < 1.29 is 17.9 Å². The number of rotatable bonds is 5. The van der Waals surface area contributed by atoms with Crippen LogP contribution in [-0.2, 0) is 13.8 Å². The monoisotopic (exact) mass is 339 g/mol. The van der Waals surface area contributed by atoms with Crippen LogP contribution in [0.3, 0.4) is 0 Å². The van der Waals surface area contributed by atoms with Crippen molar-refractivity contribution in [3.05, 3.63) is 28.8 Å². The van der Waals surface area contributed by atoms with Gasteiger partial charge in [-0.1, -0.05) is 11.6 Å². The predicted octanol–water partition coefficient (Wildman–Crippen LogP) is 2.42. The number of benzene rings is 1. The summed E-state index contributed by atoms with van der Waals surface area (Å²) in [7, 11) is 2.82. The van der Waals surface area contributed by atoms with E-state index in [4.69, 9.17) is 27.0 Å². The molecule has 0 aliphatic rings. The summed E-state index contributed by atoms with van der Waals surface area (Å²) in [5, 5.41) is 2.83. The lowest BCUT2D eigenvalue weighted by Crippen LogP contribution is -2.46. The minimum Gasteiger partial charge on any atom is -0.382 e. The maximum Gasteiger partial charge on any atom is 0.261 e. The third kappa shape index (κ3) is 4.94. The van der Waals surface area contributed by atoms with Gasteiger partial charge in [-0.2, -0.15) is 0 Å². The zero-order valence-corrected chi connectivity index (χ0v) is 13.6. The highest BCUT2D eigenvalue weighted by atomic mass is 35.7. The van der Waals surface area contributed by atoms with Crippen LogP contribution in [0.4, 0.5) is 0 Å². The van der Waals surface area contributed by atoms with E-state index in [-0.39, 0.29) is 15.5 Å². The number of carbonyl (C=O) groups is 1. The van der Waals surface area contributed by atoms with Crippen LogP contribution in [0.15, 0.2) is 23.1 Å². The molecule has 0 heterocycles. The molecule has 0 aliphatic carbocycles. The van der Waals surface area contributed by atoms with Crippen molar-refractivity contribution in [1.29, 1.82) is 0 Å². The van der Waals surface area contributed by atoms with E-state index in [0.717, 1.165) is 0 Å². The standard InChI is InChI=1S/C12H15Cl2NO4S/c1-12(2,7-19-3)15-11(16)8-4-9(13)6-10(5-8)20(14,17)18/h4-6H,7H2,1-3H3,(H,15,16). The quantitative estimate of drug-likeness (QED) is 0.836. The lowest BCUT2D eigenvalue weighted by molar-refractivity contribution is 0.0820. The first-order valence-electron chi connectivity index (χ1n) is 5.62. The zero-order valence-electron chi connectivity index (χ0n) is 11.2. The van der Waals surface area contributed by atoms with Gasteiger partial charge in [-0.25, -0.2) is 8.42 Å². The van der Waals surface area contributed by atoms with Crippen molar-refractivity contribution >= 4 is 37.2 Å². The summed E-state index contributed by atoms with van der Waals surface area (Å²) in [6.45, 7) is 3.86. The van der Waals surface area contributed by atoms with Crippen molar-refractivity contribution in [2.24, 2.45) is 0 Å². The van der Waals surface area contributed by atoms with E-state index in [9.17, 15) is 13.2 Å². The van der Waals surface area contributed by atoms with Gasteiger partial charge in [0.25, 0.3) is 15.0 Å². The second kappa shape index (κ2) is 6.30. The molecule has 0 fully saturated rings. The highest BCUT2D eigenvalue weighted by Gasteiger charge is 2.22. The number of hydrogen-bond donors (Lipinski definition) is 1. The Balaban J connectivity index is 3.09. The van der Waals surface area contributed by atoms with E-state index in [1.807, 2.05) is 0 Å². The third-order valence-corrected chi connectivity index (χ3v) is 3.92. The molecular formula is C12H15Cl2NO4S. The van der Waals surface area contributed by atoms with Crippen LogP contribution < -0.4 is 5.32 Å². The van der Waals surface area contributed by atoms with Crippen molar-refractivity contribution in [3.63, 3.8) is 0 Å². The molecule has 1 aromatic carbocycles. The highest BCUT2D eigenvalue weighted by molar-refractivity contribution is 8.13. The van der Waals surface area contributed by atoms with Gasteiger partial charge in [0.05, 0.1) is 17.0 Å². The van der Waals surface area contributed by atoms with Crippen molar-refractivity contribution in [3.8, 4) is 0 Å². The van der Waals surface area contributed by atoms with Crippen LogP contribution in [-0.4, -0.2) is 33.6 Å². The van der Waals surface area contributed by atoms with Gasteiger partial charge in [0.1, 0.15) is 0 Å². The number of nitrogens with one attached hydrogen (secondary N) is 1. The number of halogens is 2. The maximum atomic E-state index is 12.1. The van der Waals surface area contributed by atoms with E-state index in [1.165, 1.54) is 25.3 Å². The number of ether oxygens (including phenoxy) is 1. The molecule has 1 amide bonds. The van der Waals surface area contributed by atoms with Gasteiger partial charge in [0.15, 0.2) is 0 Å². The summed E-state index contributed by atoms with van der Waals surface area (Å²) in [6.07, 6.45) is 0. The molecular weight excluding hydrogens is 325 g/mol. The molecule has 20 heavy (non-hydrogen) atoms. The number of carbonyl (C=O) groups excluding carboxylic acids is 1. The van der Waals surface area contributed by atoms with Crippen LogP contribution in [0.25, 0.3) is 0 Å². The normalized spacial score (nSPS) is 12.2. The van der Waals surface area contributed by atoms with Crippen molar-refractivity contribution in [2.75, 3.05) is 13.7 Å². The Kier molecular flexibility index (Phi) is 5.43. The Hall–Kier alpha value is -0.820. The molecule has 1 N–H and O–H groups in total. The average molecular weight is 340 g/mol. The van der Waals surface area contributed by atoms with Crippen LogP contribution in [0.5, 0.6) is 0 Å². The second-order valence-corrected chi connectivity index (χ2v) is 7.89. The summed E-state index contributed by atoms with van der Waals surface area (Å²) in [4.78, 5) is 11.9. The number of amides is 1. The fourth-order valence-corrected chi connectivity index (χ4v) is 2.71. The summed E-state index contributed by atoms with van der Waals surface area (Å²) >= 11 is 5.80. The molecule has 112 valence electrons. The summed E-state index contributed by atoms with van der Waals surface area (Å²) < 4.78 is 27.6. The molecule has 5 nitrogen and oxygen atoms in total. The van der Waals surface area contributed by atoms with Crippen LogP contribution in [0, 0.1) is 0 Å². The van der Waals surface area contributed by atoms with E-state index in [2.05, 4.69) is 5.32 Å². The predicted molar refractivity (Wildman–Crippen MR) is 77.9 cm³/mol. The first kappa shape index (κ1) is 17.2. The smallest absolute Gasteiger partial charge is 0.261 e. The van der Waals surface area contributed by atoms with Gasteiger partial charge in [-0.3, -0.25) is 4.79 Å². The van der Waals surface area contributed by atoms with E-state index >= 15 is 0 Å². The largest absolute Gasteiger partial charge is 0.382 e. The molecule has 1 rings (SSSR count). The fourth-order valence-electron chi connectivity index (χ4n) is 1.61. The molecule has 1 aromatic rings. The van der Waals surface area contributed by atoms with Gasteiger partial charge < -0.3 is 10.1 Å². The Morgan fingerprint density at radius 1 is 1.35 bits per heavy atom. The summed E-state index contributed by atoms with van der Waals surface area (Å²) in [5.41, 5.74) is -0.491. The minimum absolute atomic E-state index is 0.112. The van der Waals surface area contributed by atoms with Crippen LogP contribution in [0.2, 0.25) is 5.02 Å². The topological polar surface area (TPSA) is 72.5 Å². The second-order valence-electron chi connectivity index (χ2n) is 4.88. The van der Waals surface area contributed by atoms with Gasteiger partial charge in [-0.15, -0.1) is 0 Å². The number of methoxy groups -OCH3 is 1. The number of hydrogen-bond acceptors (Lipinski definition) is 4. The SMILES string of the molecule is COCC(C)(C)NC(=O)c1cc(Cl)cc(S(=O)(=O)Cl)c1. The third-order valence-electron chi connectivity index (χ3n) is 2.37. The summed E-state index contributed by atoms with van der Waals surface area (Å²) in [6, 6.07) is 3.72. The summed E-state index contributed by atoms with van der Waals surface area (Å²) in [5.74, 6) is -0.462. The van der Waals surface area contributed by atoms with Crippen molar-refractivity contribution in [1.82, 2.24) is 5.32 Å². The first-order chi connectivity index (χ1) is 9.05. The molecule has 0 saturated heterocycles. The van der Waals surface area contributed by atoms with E-state index < -0.39 is 20.5 Å². The fraction of sp³-hybridized carbons (Fsp3) is 0.417. The van der Waals surface area contributed by atoms with Gasteiger partial charge in [-0.05, 0) is 32.0 Å². The minimum atomic E-state index is -3.95. The zero-order chi connectivity index (χ0) is 15.6. The molecule has 0 radical (unpaired) electrons. The maximum absolute atomic E-state index is 12.1. The van der Waals surface area contributed by atoms with Gasteiger partial charge >= 0.3 is 0 Å². The lowest BCUT2D eigenvalue weighted by Gasteiger charge is -2.25. The first-order valence-corrected chi connectivity index (χ1v) is 8.30. The molecule has 0 spiro atoms. The van der Waals surface area contributed by atoms with Crippen LogP contribution in [0.1, 0.15) is 24.2 Å². The Labute approximate surface area is 127 Å². The Morgan fingerprint density at radius 3 is 2.45 bits per heavy atom. The lowest BCUT2D eigenvalue weighted by atomic mass is 10.1. The van der Waals surface area contributed by atoms with Gasteiger partial charge in [0.2, 0.25) is 0 Å². The highest BCUT2D eigenvalue weighted by Crippen LogP contribution is 2.22. The average Bonchev–Trinajstić information content (AvgIpc) is 2.26. The molecule has 0 bridgehead atoms. The van der Waals surface area contributed by atoms with Crippen LogP contribution >= 0.6 is 22.3 Å².